The number of carbonyl (C=O) groups excluding carboxylic acids is 1. The number of rotatable bonds is 4. The fourth-order valence-electron chi connectivity index (χ4n) is 2.11. The molecule has 0 fully saturated rings. The molecule has 0 saturated heterocycles. The van der Waals surface area contributed by atoms with Crippen molar-refractivity contribution in [3.8, 4) is 11.1 Å². The van der Waals surface area contributed by atoms with Crippen molar-refractivity contribution in [2.24, 2.45) is 0 Å². The van der Waals surface area contributed by atoms with Crippen LogP contribution < -0.4 is 0 Å². The molecule has 0 aliphatic rings. The Morgan fingerprint density at radius 2 is 2.00 bits per heavy atom. The molecule has 0 aliphatic carbocycles. The van der Waals surface area contributed by atoms with Gasteiger partial charge in [0.05, 0.1) is 12.7 Å². The zero-order valence-corrected chi connectivity index (χ0v) is 11.6. The number of aromatic amines is 1. The number of carbonyl (C=O) groups is 1. The van der Waals surface area contributed by atoms with Crippen LogP contribution in [-0.4, -0.2) is 18.1 Å². The Balaban J connectivity index is 2.44. The van der Waals surface area contributed by atoms with E-state index < -0.39 is 0 Å². The van der Waals surface area contributed by atoms with Crippen molar-refractivity contribution in [1.82, 2.24) is 4.98 Å². The second kappa shape index (κ2) is 6.06. The lowest BCUT2D eigenvalue weighted by molar-refractivity contribution is 0.0601. The summed E-state index contributed by atoms with van der Waals surface area (Å²) >= 11 is 0. The fraction of sp³-hybridized carbons (Fsp3) is 0.118. The molecule has 3 heteroatoms. The number of nitrogens with one attached hydrogen (secondary N) is 1. The van der Waals surface area contributed by atoms with Gasteiger partial charge in [0, 0.05) is 23.0 Å². The minimum Gasteiger partial charge on any atom is -0.465 e. The first kappa shape index (κ1) is 13.9. The first-order valence-electron chi connectivity index (χ1n) is 6.36. The first-order chi connectivity index (χ1) is 9.71. The molecule has 2 aromatic rings. The standard InChI is InChI=1S/C17H17NO2/c1-4-6-14-15(11-18-16(14)5-2)12-7-9-13(10-8-12)17(19)20-3/h4-11,18H,2H2,1,3H3/b6-4-. The predicted octanol–water partition coefficient (Wildman–Crippen LogP) is 4.14. The fourth-order valence-corrected chi connectivity index (χ4v) is 2.11. The molecule has 1 aromatic carbocycles. The molecule has 0 bridgehead atoms. The summed E-state index contributed by atoms with van der Waals surface area (Å²) in [6, 6.07) is 7.35. The molecule has 2 rings (SSSR count). The number of aromatic nitrogens is 1. The van der Waals surface area contributed by atoms with Crippen LogP contribution >= 0.6 is 0 Å². The van der Waals surface area contributed by atoms with Crippen LogP contribution in [0.2, 0.25) is 0 Å². The Hall–Kier alpha value is -2.55. The van der Waals surface area contributed by atoms with Crippen molar-refractivity contribution in [3.63, 3.8) is 0 Å². The van der Waals surface area contributed by atoms with Gasteiger partial charge in [0.15, 0.2) is 0 Å². The molecule has 1 N–H and O–H groups in total. The zero-order valence-electron chi connectivity index (χ0n) is 11.6. The van der Waals surface area contributed by atoms with E-state index in [4.69, 9.17) is 4.74 Å². The van der Waals surface area contributed by atoms with Crippen molar-refractivity contribution in [2.75, 3.05) is 7.11 Å². The van der Waals surface area contributed by atoms with Gasteiger partial charge in [0.25, 0.3) is 0 Å². The molecular weight excluding hydrogens is 250 g/mol. The van der Waals surface area contributed by atoms with Gasteiger partial charge in [-0.05, 0) is 30.7 Å². The average Bonchev–Trinajstić information content (AvgIpc) is 2.90. The van der Waals surface area contributed by atoms with Crippen LogP contribution in [0.25, 0.3) is 23.3 Å². The van der Waals surface area contributed by atoms with Crippen LogP contribution in [0.1, 0.15) is 28.5 Å². The second-order valence-electron chi connectivity index (χ2n) is 4.30. The first-order valence-corrected chi connectivity index (χ1v) is 6.36. The molecule has 0 amide bonds. The second-order valence-corrected chi connectivity index (χ2v) is 4.30. The minimum absolute atomic E-state index is 0.328. The molecule has 3 nitrogen and oxygen atoms in total. The molecule has 0 unspecified atom stereocenters. The Morgan fingerprint density at radius 1 is 1.30 bits per heavy atom. The van der Waals surface area contributed by atoms with Crippen LogP contribution in [0.3, 0.4) is 0 Å². The molecule has 0 radical (unpaired) electrons. The maximum Gasteiger partial charge on any atom is 0.337 e. The topological polar surface area (TPSA) is 42.1 Å². The molecule has 0 spiro atoms. The molecule has 0 saturated carbocycles. The Kier molecular flexibility index (Phi) is 4.20. The van der Waals surface area contributed by atoms with Crippen molar-refractivity contribution in [2.45, 2.75) is 6.92 Å². The summed E-state index contributed by atoms with van der Waals surface area (Å²) < 4.78 is 4.70. The SMILES string of the molecule is C=Cc1[nH]cc(-c2ccc(C(=O)OC)cc2)c1/C=C\C. The number of allylic oxidation sites excluding steroid dienone is 1. The van der Waals surface area contributed by atoms with Gasteiger partial charge < -0.3 is 9.72 Å². The van der Waals surface area contributed by atoms with Gasteiger partial charge in [-0.1, -0.05) is 30.9 Å². The third-order valence-electron chi connectivity index (χ3n) is 3.11. The lowest BCUT2D eigenvalue weighted by Gasteiger charge is -2.03. The highest BCUT2D eigenvalue weighted by atomic mass is 16.5. The third-order valence-corrected chi connectivity index (χ3v) is 3.11. The van der Waals surface area contributed by atoms with E-state index in [1.54, 1.807) is 18.2 Å². The monoisotopic (exact) mass is 267 g/mol. The highest BCUT2D eigenvalue weighted by Gasteiger charge is 2.10. The van der Waals surface area contributed by atoms with Crippen molar-refractivity contribution < 1.29 is 9.53 Å². The highest BCUT2D eigenvalue weighted by molar-refractivity contribution is 5.90. The number of ether oxygens (including phenoxy) is 1. The molecule has 20 heavy (non-hydrogen) atoms. The van der Waals surface area contributed by atoms with Crippen molar-refractivity contribution in [3.05, 3.63) is 59.9 Å². The number of hydrogen-bond donors (Lipinski definition) is 1. The predicted molar refractivity (Wildman–Crippen MR) is 82.4 cm³/mol. The van der Waals surface area contributed by atoms with Gasteiger partial charge in [-0.15, -0.1) is 0 Å². The summed E-state index contributed by atoms with van der Waals surface area (Å²) in [7, 11) is 1.38. The third kappa shape index (κ3) is 2.57. The van der Waals surface area contributed by atoms with E-state index in [-0.39, 0.29) is 5.97 Å². The number of hydrogen-bond acceptors (Lipinski definition) is 2. The molecule has 102 valence electrons. The molecule has 0 aliphatic heterocycles. The number of H-pyrrole nitrogens is 1. The van der Waals surface area contributed by atoms with E-state index in [0.717, 1.165) is 22.4 Å². The van der Waals surface area contributed by atoms with Crippen LogP contribution in [0.15, 0.2) is 43.1 Å². The van der Waals surface area contributed by atoms with Gasteiger partial charge in [0.1, 0.15) is 0 Å². The quantitative estimate of drug-likeness (QED) is 0.846. The largest absolute Gasteiger partial charge is 0.465 e. The maximum atomic E-state index is 11.4. The van der Waals surface area contributed by atoms with Crippen molar-refractivity contribution in [1.29, 1.82) is 0 Å². The van der Waals surface area contributed by atoms with E-state index in [9.17, 15) is 4.79 Å². The average molecular weight is 267 g/mol. The zero-order chi connectivity index (χ0) is 14.5. The normalized spacial score (nSPS) is 10.7. The molecular formula is C17H17NO2. The van der Waals surface area contributed by atoms with Gasteiger partial charge in [-0.2, -0.15) is 0 Å². The number of methoxy groups -OCH3 is 1. The van der Waals surface area contributed by atoms with Crippen LogP contribution in [0, 0.1) is 0 Å². The summed E-state index contributed by atoms with van der Waals surface area (Å²) in [4.78, 5) is 14.6. The lowest BCUT2D eigenvalue weighted by Crippen LogP contribution is -2.00. The molecule has 1 heterocycles. The van der Waals surface area contributed by atoms with Gasteiger partial charge in [0.2, 0.25) is 0 Å². The lowest BCUT2D eigenvalue weighted by atomic mass is 10.0. The smallest absolute Gasteiger partial charge is 0.337 e. The van der Waals surface area contributed by atoms with Crippen LogP contribution in [0.4, 0.5) is 0 Å². The Bertz CT molecular complexity index is 648. The number of esters is 1. The maximum absolute atomic E-state index is 11.4. The summed E-state index contributed by atoms with van der Waals surface area (Å²) in [6.07, 6.45) is 7.76. The summed E-state index contributed by atoms with van der Waals surface area (Å²) in [5.74, 6) is -0.328. The van der Waals surface area contributed by atoms with E-state index in [2.05, 4.69) is 11.6 Å². The van der Waals surface area contributed by atoms with Crippen LogP contribution in [-0.2, 0) is 4.74 Å². The number of benzene rings is 1. The highest BCUT2D eigenvalue weighted by Crippen LogP contribution is 2.28. The van der Waals surface area contributed by atoms with E-state index in [0.29, 0.717) is 5.56 Å². The van der Waals surface area contributed by atoms with Gasteiger partial charge >= 0.3 is 5.97 Å². The minimum atomic E-state index is -0.328. The van der Waals surface area contributed by atoms with Gasteiger partial charge in [-0.25, -0.2) is 4.79 Å². The molecule has 1 aromatic heterocycles. The van der Waals surface area contributed by atoms with Gasteiger partial charge in [-0.3, -0.25) is 0 Å². The summed E-state index contributed by atoms with van der Waals surface area (Å²) in [5.41, 5.74) is 4.73. The Labute approximate surface area is 118 Å². The summed E-state index contributed by atoms with van der Waals surface area (Å²) in [6.45, 7) is 5.78. The Morgan fingerprint density at radius 3 is 2.55 bits per heavy atom. The van der Waals surface area contributed by atoms with E-state index in [1.165, 1.54) is 7.11 Å². The van der Waals surface area contributed by atoms with E-state index in [1.807, 2.05) is 37.4 Å². The molecule has 0 atom stereocenters. The summed E-state index contributed by atoms with van der Waals surface area (Å²) in [5, 5.41) is 0. The van der Waals surface area contributed by atoms with Crippen LogP contribution in [0.5, 0.6) is 0 Å². The van der Waals surface area contributed by atoms with E-state index >= 15 is 0 Å². The van der Waals surface area contributed by atoms with Crippen molar-refractivity contribution >= 4 is 18.1 Å².